The summed E-state index contributed by atoms with van der Waals surface area (Å²) >= 11 is 0. The predicted octanol–water partition coefficient (Wildman–Crippen LogP) is -1.45. The number of hydrogen-bond acceptors (Lipinski definition) is 5. The monoisotopic (exact) mass is 218 g/mol. The number of rotatable bonds is 0. The third kappa shape index (κ3) is 2.02. The van der Waals surface area contributed by atoms with Gasteiger partial charge in [0.15, 0.2) is 0 Å². The quantitative estimate of drug-likeness (QED) is 0.538. The van der Waals surface area contributed by atoms with Crippen LogP contribution in [0.25, 0.3) is 0 Å². The van der Waals surface area contributed by atoms with Crippen molar-refractivity contribution in [1.29, 1.82) is 0 Å². The van der Waals surface area contributed by atoms with Gasteiger partial charge in [0.1, 0.15) is 6.34 Å². The van der Waals surface area contributed by atoms with Crippen LogP contribution in [-0.4, -0.2) is 51.9 Å². The molecular formula is C6H10N4O3S. The van der Waals surface area contributed by atoms with E-state index in [1.165, 1.54) is 0 Å². The Kier molecular flexibility index (Phi) is 2.38. The maximum atomic E-state index is 11.0. The molecule has 1 fully saturated rings. The Morgan fingerprint density at radius 1 is 1.43 bits per heavy atom. The van der Waals surface area contributed by atoms with Crippen LogP contribution >= 0.6 is 0 Å². The molecule has 0 bridgehead atoms. The molecule has 0 radical (unpaired) electrons. The van der Waals surface area contributed by atoms with Crippen molar-refractivity contribution in [3.8, 4) is 0 Å². The Bertz CT molecular complexity index is 369. The maximum absolute atomic E-state index is 11.0. The zero-order valence-corrected chi connectivity index (χ0v) is 8.20. The van der Waals surface area contributed by atoms with Crippen LogP contribution in [0.1, 0.15) is 0 Å². The van der Waals surface area contributed by atoms with Gasteiger partial charge in [0, 0.05) is 13.1 Å². The molecule has 0 spiro atoms. The zero-order chi connectivity index (χ0) is 10.0. The molecule has 0 aromatic carbocycles. The number of nitrogens with zero attached hydrogens (tertiary/aromatic N) is 3. The first kappa shape index (κ1) is 9.41. The smallest absolute Gasteiger partial charge is 0.367 e. The highest BCUT2D eigenvalue weighted by Gasteiger charge is 2.20. The fourth-order valence-corrected chi connectivity index (χ4v) is 1.85. The minimum atomic E-state index is -3.67. The molecule has 0 unspecified atom stereocenters. The first-order valence-corrected chi connectivity index (χ1v) is 5.55. The van der Waals surface area contributed by atoms with E-state index in [-0.39, 0.29) is 0 Å². The standard InChI is InChI=1S/C6H10N4O3S/c11-14(12)8-5-7-6(9-14)10-1-3-13-4-2-10/h5H,1-4H2,(H,7,8,9). The van der Waals surface area contributed by atoms with Gasteiger partial charge in [-0.05, 0) is 0 Å². The van der Waals surface area contributed by atoms with Crippen molar-refractivity contribution in [2.45, 2.75) is 0 Å². The second-order valence-electron chi connectivity index (χ2n) is 2.84. The van der Waals surface area contributed by atoms with E-state index in [9.17, 15) is 8.42 Å². The molecule has 0 amide bonds. The normalized spacial score (nSPS) is 25.4. The first-order valence-electron chi connectivity index (χ1n) is 4.15. The summed E-state index contributed by atoms with van der Waals surface area (Å²) in [5.74, 6) is 0.323. The average molecular weight is 218 g/mol. The largest absolute Gasteiger partial charge is 0.378 e. The Labute approximate surface area is 81.7 Å². The Morgan fingerprint density at radius 2 is 2.14 bits per heavy atom. The second-order valence-corrected chi connectivity index (χ2v) is 4.13. The van der Waals surface area contributed by atoms with Gasteiger partial charge >= 0.3 is 10.2 Å². The Balaban J connectivity index is 2.14. The summed E-state index contributed by atoms with van der Waals surface area (Å²) in [4.78, 5) is 1.81. The molecule has 1 N–H and O–H groups in total. The summed E-state index contributed by atoms with van der Waals surface area (Å²) in [6.45, 7) is 2.43. The van der Waals surface area contributed by atoms with Crippen LogP contribution in [-0.2, 0) is 14.9 Å². The van der Waals surface area contributed by atoms with Crippen LogP contribution in [0.5, 0.6) is 0 Å². The summed E-state index contributed by atoms with van der Waals surface area (Å²) in [5.41, 5.74) is 0. The van der Waals surface area contributed by atoms with Crippen molar-refractivity contribution in [2.24, 2.45) is 8.80 Å². The predicted molar refractivity (Wildman–Crippen MR) is 50.4 cm³/mol. The molecule has 2 heterocycles. The number of ether oxygens (including phenoxy) is 1. The highest BCUT2D eigenvalue weighted by Crippen LogP contribution is 2.03. The van der Waals surface area contributed by atoms with Crippen LogP contribution in [0.4, 0.5) is 0 Å². The van der Waals surface area contributed by atoms with Crippen LogP contribution in [0.3, 0.4) is 0 Å². The van der Waals surface area contributed by atoms with E-state index in [1.54, 1.807) is 0 Å². The highest BCUT2D eigenvalue weighted by atomic mass is 32.2. The van der Waals surface area contributed by atoms with Gasteiger partial charge < -0.3 is 15.0 Å². The van der Waals surface area contributed by atoms with Gasteiger partial charge in [-0.15, -0.1) is 8.80 Å². The fraction of sp³-hybridized carbons (Fsp3) is 0.667. The van der Waals surface area contributed by atoms with Gasteiger partial charge in [0.05, 0.1) is 13.2 Å². The van der Waals surface area contributed by atoms with Crippen molar-refractivity contribution in [3.63, 3.8) is 0 Å². The minimum absolute atomic E-state index is 0.323. The third-order valence-corrected chi connectivity index (χ3v) is 2.67. The molecule has 14 heavy (non-hydrogen) atoms. The van der Waals surface area contributed by atoms with Crippen LogP contribution in [0, 0.1) is 0 Å². The van der Waals surface area contributed by atoms with Crippen molar-refractivity contribution in [3.05, 3.63) is 0 Å². The van der Waals surface area contributed by atoms with Crippen molar-refractivity contribution in [2.75, 3.05) is 26.3 Å². The molecule has 8 heteroatoms. The van der Waals surface area contributed by atoms with E-state index < -0.39 is 10.2 Å². The Hall–Kier alpha value is -1.15. The lowest BCUT2D eigenvalue weighted by atomic mass is 10.4. The minimum Gasteiger partial charge on any atom is -0.378 e. The van der Waals surface area contributed by atoms with Crippen LogP contribution < -0.4 is 5.32 Å². The molecule has 2 rings (SSSR count). The van der Waals surface area contributed by atoms with E-state index in [0.717, 1.165) is 6.34 Å². The molecular weight excluding hydrogens is 208 g/mol. The number of morpholine rings is 1. The molecule has 0 aliphatic carbocycles. The van der Waals surface area contributed by atoms with Gasteiger partial charge in [0.25, 0.3) is 0 Å². The van der Waals surface area contributed by atoms with Gasteiger partial charge in [-0.3, -0.25) is 0 Å². The molecule has 7 nitrogen and oxygen atoms in total. The van der Waals surface area contributed by atoms with E-state index >= 15 is 0 Å². The lowest BCUT2D eigenvalue weighted by molar-refractivity contribution is 0.0671. The second kappa shape index (κ2) is 3.54. The van der Waals surface area contributed by atoms with Gasteiger partial charge in [-0.25, -0.2) is 0 Å². The summed E-state index contributed by atoms with van der Waals surface area (Å²) in [6.07, 6.45) is 1.13. The fourth-order valence-electron chi connectivity index (χ4n) is 1.23. The van der Waals surface area contributed by atoms with Crippen molar-refractivity contribution < 1.29 is 13.2 Å². The zero-order valence-electron chi connectivity index (χ0n) is 7.38. The summed E-state index contributed by atoms with van der Waals surface area (Å²) in [5, 5.41) is 2.69. The summed E-state index contributed by atoms with van der Waals surface area (Å²) in [6, 6.07) is 0. The van der Waals surface area contributed by atoms with Crippen LogP contribution in [0.15, 0.2) is 8.80 Å². The molecule has 0 saturated carbocycles. The molecule has 0 atom stereocenters. The van der Waals surface area contributed by atoms with E-state index in [1.807, 2.05) is 4.90 Å². The van der Waals surface area contributed by atoms with Crippen LogP contribution in [0.2, 0.25) is 0 Å². The molecule has 78 valence electrons. The van der Waals surface area contributed by atoms with Crippen molar-refractivity contribution >= 4 is 22.5 Å². The molecule has 2 aliphatic heterocycles. The summed E-state index contributed by atoms with van der Waals surface area (Å²) < 4.78 is 33.9. The van der Waals surface area contributed by atoms with Crippen molar-refractivity contribution in [1.82, 2.24) is 10.2 Å². The topological polar surface area (TPSA) is 83.4 Å². The van der Waals surface area contributed by atoms with Gasteiger partial charge in [-0.1, -0.05) is 0 Å². The number of guanidine groups is 1. The number of hydrogen-bond donors (Lipinski definition) is 1. The molecule has 0 aromatic heterocycles. The van der Waals surface area contributed by atoms with Gasteiger partial charge in [-0.2, -0.15) is 8.42 Å². The maximum Gasteiger partial charge on any atom is 0.367 e. The van der Waals surface area contributed by atoms with E-state index in [4.69, 9.17) is 4.74 Å². The highest BCUT2D eigenvalue weighted by molar-refractivity contribution is 7.89. The van der Waals surface area contributed by atoms with E-state index in [2.05, 4.69) is 14.1 Å². The average Bonchev–Trinajstić information content (AvgIpc) is 2.18. The molecule has 1 saturated heterocycles. The van der Waals surface area contributed by atoms with Gasteiger partial charge in [0.2, 0.25) is 5.96 Å². The molecule has 2 aliphatic rings. The summed E-state index contributed by atoms with van der Waals surface area (Å²) in [7, 11) is -3.67. The SMILES string of the molecule is O=S1(=O)N=CNC(N2CCOCC2)=N1. The first-order chi connectivity index (χ1) is 6.67. The number of nitrogens with one attached hydrogen (secondary N) is 1. The molecule has 0 aromatic rings. The lowest BCUT2D eigenvalue weighted by Crippen LogP contribution is -2.48. The lowest BCUT2D eigenvalue weighted by Gasteiger charge is -2.29. The Morgan fingerprint density at radius 3 is 2.79 bits per heavy atom. The third-order valence-electron chi connectivity index (χ3n) is 1.89. The van der Waals surface area contributed by atoms with E-state index in [0.29, 0.717) is 32.3 Å².